The summed E-state index contributed by atoms with van der Waals surface area (Å²) in [7, 11) is 0. The van der Waals surface area contributed by atoms with E-state index >= 15 is 0 Å². The summed E-state index contributed by atoms with van der Waals surface area (Å²) in [6.07, 6.45) is 0. The van der Waals surface area contributed by atoms with Gasteiger partial charge in [0.05, 0.1) is 5.69 Å². The second-order valence-electron chi connectivity index (χ2n) is 6.83. The highest BCUT2D eigenvalue weighted by molar-refractivity contribution is 7.09. The first-order valence-electron chi connectivity index (χ1n) is 9.34. The predicted molar refractivity (Wildman–Crippen MR) is 114 cm³/mol. The first-order chi connectivity index (χ1) is 15.2. The van der Waals surface area contributed by atoms with Crippen LogP contribution in [0.1, 0.15) is 31.3 Å². The van der Waals surface area contributed by atoms with Gasteiger partial charge in [-0.3, -0.25) is 14.4 Å². The van der Waals surface area contributed by atoms with Crippen LogP contribution >= 0.6 is 11.5 Å². The summed E-state index contributed by atoms with van der Waals surface area (Å²) in [6, 6.07) is 11.0. The molecule has 166 valence electrons. The second-order valence-corrected chi connectivity index (χ2v) is 7.60. The molecule has 3 aromatic rings. The molecule has 0 bridgehead atoms. The number of carbonyl (C=O) groups excluding carboxylic acids is 3. The Morgan fingerprint density at radius 1 is 0.969 bits per heavy atom. The van der Waals surface area contributed by atoms with Gasteiger partial charge in [0.1, 0.15) is 23.1 Å². The zero-order chi connectivity index (χ0) is 23.3. The highest BCUT2D eigenvalue weighted by atomic mass is 32.1. The van der Waals surface area contributed by atoms with Crippen molar-refractivity contribution in [1.29, 1.82) is 0 Å². The Kier molecular flexibility index (Phi) is 7.11. The van der Waals surface area contributed by atoms with Crippen LogP contribution in [0.3, 0.4) is 0 Å². The SMILES string of the molecule is NC(=O)c1nsc(C(=O)N(CC(=O)NCc2ccc(F)cc2)Cc2ccc(F)cc2)c1N. The Balaban J connectivity index is 1.77. The van der Waals surface area contributed by atoms with Crippen LogP contribution in [0.4, 0.5) is 14.5 Å². The molecule has 0 saturated carbocycles. The fourth-order valence-corrected chi connectivity index (χ4v) is 3.59. The maximum atomic E-state index is 13.2. The monoisotopic (exact) mass is 459 g/mol. The van der Waals surface area contributed by atoms with Crippen molar-refractivity contribution in [2.75, 3.05) is 12.3 Å². The third kappa shape index (κ3) is 5.64. The van der Waals surface area contributed by atoms with E-state index in [2.05, 4.69) is 9.69 Å². The molecular formula is C21H19F2N5O3S. The lowest BCUT2D eigenvalue weighted by molar-refractivity contribution is -0.122. The zero-order valence-corrected chi connectivity index (χ0v) is 17.5. The Labute approximate surface area is 186 Å². The van der Waals surface area contributed by atoms with Crippen LogP contribution in [0.2, 0.25) is 0 Å². The molecule has 0 fully saturated rings. The lowest BCUT2D eigenvalue weighted by Gasteiger charge is -2.22. The summed E-state index contributed by atoms with van der Waals surface area (Å²) in [6.45, 7) is -0.237. The van der Waals surface area contributed by atoms with Gasteiger partial charge in [0, 0.05) is 13.1 Å². The fourth-order valence-electron chi connectivity index (χ4n) is 2.81. The van der Waals surface area contributed by atoms with Crippen LogP contribution in [0.25, 0.3) is 0 Å². The van der Waals surface area contributed by atoms with Crippen molar-refractivity contribution in [3.63, 3.8) is 0 Å². The molecule has 2 aromatic carbocycles. The van der Waals surface area contributed by atoms with Crippen LogP contribution in [-0.4, -0.2) is 33.5 Å². The normalized spacial score (nSPS) is 10.6. The molecule has 0 saturated heterocycles. The molecule has 0 atom stereocenters. The van der Waals surface area contributed by atoms with Crippen LogP contribution in [0, 0.1) is 11.6 Å². The maximum Gasteiger partial charge on any atom is 0.270 e. The minimum Gasteiger partial charge on any atom is -0.395 e. The minimum atomic E-state index is -0.875. The van der Waals surface area contributed by atoms with Gasteiger partial charge >= 0.3 is 0 Å². The molecule has 3 amide bonds. The second kappa shape index (κ2) is 9.96. The summed E-state index contributed by atoms with van der Waals surface area (Å²) in [5, 5.41) is 2.66. The molecule has 1 heterocycles. The van der Waals surface area contributed by atoms with Crippen LogP contribution in [-0.2, 0) is 17.9 Å². The molecule has 0 spiro atoms. The number of benzene rings is 2. The molecular weight excluding hydrogens is 440 g/mol. The Morgan fingerprint density at radius 3 is 2.06 bits per heavy atom. The van der Waals surface area contributed by atoms with E-state index in [0.717, 1.165) is 0 Å². The predicted octanol–water partition coefficient (Wildman–Crippen LogP) is 2.06. The van der Waals surface area contributed by atoms with Crippen molar-refractivity contribution in [2.24, 2.45) is 5.73 Å². The van der Waals surface area contributed by atoms with Crippen molar-refractivity contribution in [1.82, 2.24) is 14.6 Å². The summed E-state index contributed by atoms with van der Waals surface area (Å²) >= 11 is 0.698. The molecule has 11 heteroatoms. The lowest BCUT2D eigenvalue weighted by Crippen LogP contribution is -2.40. The molecule has 0 aliphatic rings. The van der Waals surface area contributed by atoms with E-state index in [1.165, 1.54) is 53.4 Å². The number of anilines is 1. The number of rotatable bonds is 8. The molecule has 1 aromatic heterocycles. The molecule has 0 aliphatic carbocycles. The van der Waals surface area contributed by atoms with E-state index < -0.39 is 29.4 Å². The highest BCUT2D eigenvalue weighted by Gasteiger charge is 2.26. The molecule has 3 rings (SSSR count). The van der Waals surface area contributed by atoms with E-state index in [-0.39, 0.29) is 35.9 Å². The Hall–Kier alpha value is -3.86. The number of nitrogens with one attached hydrogen (secondary N) is 1. The molecule has 0 aliphatic heterocycles. The topological polar surface area (TPSA) is 131 Å². The third-order valence-electron chi connectivity index (χ3n) is 4.47. The standard InChI is InChI=1S/C21H19F2N5O3S/c22-14-5-1-12(2-6-14)9-26-16(29)11-28(10-13-3-7-15(23)8-4-13)21(31)19-17(24)18(20(25)30)27-32-19/h1-8H,9-11,24H2,(H2,25,30)(H,26,29). The van der Waals surface area contributed by atoms with Gasteiger partial charge in [-0.2, -0.15) is 4.37 Å². The quantitative estimate of drug-likeness (QED) is 0.475. The van der Waals surface area contributed by atoms with Gasteiger partial charge in [-0.1, -0.05) is 24.3 Å². The largest absolute Gasteiger partial charge is 0.395 e. The first kappa shape index (κ1) is 22.8. The molecule has 5 N–H and O–H groups in total. The van der Waals surface area contributed by atoms with Crippen LogP contribution in [0.5, 0.6) is 0 Å². The molecule has 8 nitrogen and oxygen atoms in total. The van der Waals surface area contributed by atoms with E-state index in [9.17, 15) is 23.2 Å². The summed E-state index contributed by atoms with van der Waals surface area (Å²) < 4.78 is 30.1. The number of carbonyl (C=O) groups is 3. The number of hydrogen-bond donors (Lipinski definition) is 3. The zero-order valence-electron chi connectivity index (χ0n) is 16.7. The van der Waals surface area contributed by atoms with E-state index in [1.807, 2.05) is 0 Å². The number of amides is 3. The van der Waals surface area contributed by atoms with Gasteiger partial charge in [-0.05, 0) is 46.9 Å². The summed E-state index contributed by atoms with van der Waals surface area (Å²) in [5.41, 5.74) is 11.9. The number of hydrogen-bond acceptors (Lipinski definition) is 6. The molecule has 0 radical (unpaired) electrons. The van der Waals surface area contributed by atoms with E-state index in [4.69, 9.17) is 11.5 Å². The highest BCUT2D eigenvalue weighted by Crippen LogP contribution is 2.24. The average molecular weight is 459 g/mol. The van der Waals surface area contributed by atoms with Gasteiger partial charge in [0.2, 0.25) is 5.91 Å². The smallest absolute Gasteiger partial charge is 0.270 e. The van der Waals surface area contributed by atoms with Crippen molar-refractivity contribution in [3.8, 4) is 0 Å². The van der Waals surface area contributed by atoms with Gasteiger partial charge < -0.3 is 21.7 Å². The van der Waals surface area contributed by atoms with Crippen molar-refractivity contribution in [3.05, 3.63) is 81.9 Å². The van der Waals surface area contributed by atoms with Crippen LogP contribution in [0.15, 0.2) is 48.5 Å². The van der Waals surface area contributed by atoms with Crippen molar-refractivity contribution >= 4 is 34.9 Å². The summed E-state index contributed by atoms with van der Waals surface area (Å²) in [4.78, 5) is 38.2. The van der Waals surface area contributed by atoms with Crippen molar-refractivity contribution < 1.29 is 23.2 Å². The third-order valence-corrected chi connectivity index (χ3v) is 5.32. The van der Waals surface area contributed by atoms with Gasteiger partial charge in [-0.15, -0.1) is 0 Å². The minimum absolute atomic E-state index is 0.0215. The van der Waals surface area contributed by atoms with Gasteiger partial charge in [0.15, 0.2) is 5.69 Å². The number of nitrogen functional groups attached to an aromatic ring is 1. The average Bonchev–Trinajstić information content (AvgIpc) is 3.15. The van der Waals surface area contributed by atoms with E-state index in [1.54, 1.807) is 0 Å². The van der Waals surface area contributed by atoms with Crippen molar-refractivity contribution in [2.45, 2.75) is 13.1 Å². The lowest BCUT2D eigenvalue weighted by atomic mass is 10.2. The number of aromatic nitrogens is 1. The Bertz CT molecular complexity index is 1130. The number of primary amides is 1. The fraction of sp³-hybridized carbons (Fsp3) is 0.143. The first-order valence-corrected chi connectivity index (χ1v) is 10.1. The van der Waals surface area contributed by atoms with E-state index in [0.29, 0.717) is 22.7 Å². The van der Waals surface area contributed by atoms with Crippen LogP contribution < -0.4 is 16.8 Å². The number of nitrogens with zero attached hydrogens (tertiary/aromatic N) is 2. The summed E-state index contributed by atoms with van der Waals surface area (Å²) in [5.74, 6) is -2.83. The number of nitrogens with two attached hydrogens (primary N) is 2. The number of halogens is 2. The molecule has 0 unspecified atom stereocenters. The maximum absolute atomic E-state index is 13.2. The van der Waals surface area contributed by atoms with Gasteiger partial charge in [0.25, 0.3) is 11.8 Å². The molecule has 32 heavy (non-hydrogen) atoms. The Morgan fingerprint density at radius 2 is 1.53 bits per heavy atom. The van der Waals surface area contributed by atoms with Gasteiger partial charge in [-0.25, -0.2) is 8.78 Å².